The van der Waals surface area contributed by atoms with E-state index in [0.29, 0.717) is 37.4 Å². The molecule has 1 aliphatic heterocycles. The second-order valence-corrected chi connectivity index (χ2v) is 8.20. The molecule has 2 fully saturated rings. The van der Waals surface area contributed by atoms with Gasteiger partial charge in [0.2, 0.25) is 5.91 Å². The van der Waals surface area contributed by atoms with E-state index >= 15 is 0 Å². The van der Waals surface area contributed by atoms with Crippen LogP contribution in [0.1, 0.15) is 25.7 Å². The highest BCUT2D eigenvalue weighted by Crippen LogP contribution is 2.30. The molecule has 2 aliphatic rings. The van der Waals surface area contributed by atoms with Crippen LogP contribution in [-0.4, -0.2) is 48.5 Å². The van der Waals surface area contributed by atoms with Crippen LogP contribution in [0.15, 0.2) is 54.6 Å². The largest absolute Gasteiger partial charge is 0.484 e. The zero-order chi connectivity index (χ0) is 22.3. The lowest BCUT2D eigenvalue weighted by Crippen LogP contribution is -2.48. The lowest BCUT2D eigenvalue weighted by molar-refractivity contribution is -0.134. The molecule has 8 nitrogen and oxygen atoms in total. The number of anilines is 2. The summed E-state index contributed by atoms with van der Waals surface area (Å²) in [5.41, 5.74) is 1.42. The number of carbonyl (C=O) groups excluding carboxylic acids is 3. The second kappa shape index (κ2) is 10.2. The Morgan fingerprint density at radius 2 is 1.59 bits per heavy atom. The van der Waals surface area contributed by atoms with Gasteiger partial charge in [0.05, 0.1) is 0 Å². The molecule has 4 amide bonds. The van der Waals surface area contributed by atoms with Gasteiger partial charge < -0.3 is 25.6 Å². The average Bonchev–Trinajstić information content (AvgIpc) is 3.64. The van der Waals surface area contributed by atoms with E-state index in [1.54, 1.807) is 29.2 Å². The summed E-state index contributed by atoms with van der Waals surface area (Å²) >= 11 is 0. The van der Waals surface area contributed by atoms with E-state index in [4.69, 9.17) is 4.74 Å². The molecule has 8 heteroatoms. The van der Waals surface area contributed by atoms with Crippen LogP contribution in [0.4, 0.5) is 16.2 Å². The maximum absolute atomic E-state index is 12.5. The highest BCUT2D eigenvalue weighted by Gasteiger charge is 2.29. The Bertz CT molecular complexity index is 953. The minimum atomic E-state index is -0.238. The summed E-state index contributed by atoms with van der Waals surface area (Å²) in [7, 11) is 0. The van der Waals surface area contributed by atoms with E-state index in [9.17, 15) is 14.4 Å². The predicted molar refractivity (Wildman–Crippen MR) is 121 cm³/mol. The minimum Gasteiger partial charge on any atom is -0.484 e. The number of amides is 4. The predicted octanol–water partition coefficient (Wildman–Crippen LogP) is 3.23. The van der Waals surface area contributed by atoms with Crippen molar-refractivity contribution in [1.29, 1.82) is 0 Å². The number of carbonyl (C=O) groups is 3. The summed E-state index contributed by atoms with van der Waals surface area (Å²) in [6.45, 7) is 1.07. The molecule has 0 atom stereocenters. The Hall–Kier alpha value is -3.55. The maximum atomic E-state index is 12.5. The van der Waals surface area contributed by atoms with Crippen LogP contribution in [-0.2, 0) is 9.59 Å². The molecule has 0 unspecified atom stereocenters. The third-order valence-electron chi connectivity index (χ3n) is 5.63. The number of likely N-dealkylation sites (tertiary alicyclic amines) is 1. The van der Waals surface area contributed by atoms with Gasteiger partial charge >= 0.3 is 6.03 Å². The monoisotopic (exact) mass is 436 g/mol. The van der Waals surface area contributed by atoms with Gasteiger partial charge in [0.1, 0.15) is 5.75 Å². The number of rotatable bonds is 7. The van der Waals surface area contributed by atoms with Gasteiger partial charge in [-0.2, -0.15) is 0 Å². The molecular weight excluding hydrogens is 408 g/mol. The van der Waals surface area contributed by atoms with Crippen LogP contribution in [0.3, 0.4) is 0 Å². The maximum Gasteiger partial charge on any atom is 0.319 e. The molecule has 4 rings (SSSR count). The highest BCUT2D eigenvalue weighted by atomic mass is 16.5. The van der Waals surface area contributed by atoms with E-state index in [1.165, 1.54) is 0 Å². The molecule has 32 heavy (non-hydrogen) atoms. The number of hydrogen-bond acceptors (Lipinski definition) is 4. The first kappa shape index (κ1) is 21.7. The second-order valence-electron chi connectivity index (χ2n) is 8.20. The summed E-state index contributed by atoms with van der Waals surface area (Å²) in [4.78, 5) is 38.3. The zero-order valence-corrected chi connectivity index (χ0v) is 17.9. The number of nitrogens with zero attached hydrogens (tertiary/aromatic N) is 1. The number of hydrogen-bond donors (Lipinski definition) is 3. The van der Waals surface area contributed by atoms with Gasteiger partial charge in [-0.25, -0.2) is 4.79 Å². The van der Waals surface area contributed by atoms with Crippen LogP contribution in [0.25, 0.3) is 0 Å². The molecule has 2 aromatic rings. The van der Waals surface area contributed by atoms with Crippen LogP contribution in [0.2, 0.25) is 0 Å². The summed E-state index contributed by atoms with van der Waals surface area (Å²) in [5, 5.41) is 8.65. The van der Waals surface area contributed by atoms with Crippen molar-refractivity contribution in [3.63, 3.8) is 0 Å². The van der Waals surface area contributed by atoms with Crippen molar-refractivity contribution >= 4 is 29.2 Å². The summed E-state index contributed by atoms with van der Waals surface area (Å²) in [5.74, 6) is 0.612. The number of urea groups is 1. The third kappa shape index (κ3) is 6.23. The first-order valence-corrected chi connectivity index (χ1v) is 11.0. The lowest BCUT2D eigenvalue weighted by atomic mass is 10.1. The molecule has 1 aliphatic carbocycles. The summed E-state index contributed by atoms with van der Waals surface area (Å²) in [6, 6.07) is 16.2. The molecule has 0 spiro atoms. The molecular formula is C24H28N4O4. The van der Waals surface area contributed by atoms with Crippen molar-refractivity contribution in [3.8, 4) is 5.75 Å². The topological polar surface area (TPSA) is 99.8 Å². The Labute approximate surface area is 187 Å². The van der Waals surface area contributed by atoms with Crippen LogP contribution >= 0.6 is 0 Å². The smallest absolute Gasteiger partial charge is 0.319 e. The SMILES string of the molecule is O=C(Nc1ccccc1)NC1CCN(C(=O)COc2cccc(NC(=O)C3CC3)c2)CC1. The van der Waals surface area contributed by atoms with Crippen LogP contribution in [0.5, 0.6) is 5.75 Å². The van der Waals surface area contributed by atoms with Crippen molar-refractivity contribution in [1.82, 2.24) is 10.2 Å². The van der Waals surface area contributed by atoms with Crippen molar-refractivity contribution in [3.05, 3.63) is 54.6 Å². The van der Waals surface area contributed by atoms with Crippen molar-refractivity contribution in [2.24, 2.45) is 5.92 Å². The van der Waals surface area contributed by atoms with E-state index in [2.05, 4.69) is 16.0 Å². The number of ether oxygens (including phenoxy) is 1. The molecule has 1 saturated heterocycles. The molecule has 0 radical (unpaired) electrons. The van der Waals surface area contributed by atoms with Crippen molar-refractivity contribution < 1.29 is 19.1 Å². The van der Waals surface area contributed by atoms with Gasteiger partial charge in [0.25, 0.3) is 5.91 Å². The van der Waals surface area contributed by atoms with Gasteiger partial charge in [-0.3, -0.25) is 9.59 Å². The molecule has 0 bridgehead atoms. The Morgan fingerprint density at radius 1 is 0.875 bits per heavy atom. The Morgan fingerprint density at radius 3 is 2.31 bits per heavy atom. The van der Waals surface area contributed by atoms with Crippen LogP contribution in [0, 0.1) is 5.92 Å². The number of piperidine rings is 1. The van der Waals surface area contributed by atoms with Gasteiger partial charge in [0, 0.05) is 42.5 Å². The third-order valence-corrected chi connectivity index (χ3v) is 5.63. The normalized spacial score (nSPS) is 16.2. The fraction of sp³-hybridized carbons (Fsp3) is 0.375. The quantitative estimate of drug-likeness (QED) is 0.620. The first-order chi connectivity index (χ1) is 15.6. The molecule has 0 aromatic heterocycles. The fourth-order valence-corrected chi connectivity index (χ4v) is 3.64. The molecule has 2 aromatic carbocycles. The van der Waals surface area contributed by atoms with E-state index < -0.39 is 0 Å². The van der Waals surface area contributed by atoms with Crippen LogP contribution < -0.4 is 20.7 Å². The number of nitrogens with one attached hydrogen (secondary N) is 3. The zero-order valence-electron chi connectivity index (χ0n) is 17.9. The van der Waals surface area contributed by atoms with Gasteiger partial charge in [-0.1, -0.05) is 24.3 Å². The van der Waals surface area contributed by atoms with E-state index in [1.807, 2.05) is 30.3 Å². The minimum absolute atomic E-state index is 0.0236. The Kier molecular flexibility index (Phi) is 6.89. The fourth-order valence-electron chi connectivity index (χ4n) is 3.64. The lowest BCUT2D eigenvalue weighted by Gasteiger charge is -2.32. The molecule has 1 heterocycles. The standard InChI is InChI=1S/C24H28N4O4/c29-22(16-32-21-8-4-7-20(15-21)25-23(30)17-9-10-17)28-13-11-19(12-14-28)27-24(31)26-18-5-2-1-3-6-18/h1-8,15,17,19H,9-14,16H2,(H,25,30)(H2,26,27,31). The number of benzene rings is 2. The highest BCUT2D eigenvalue weighted by molar-refractivity contribution is 5.94. The van der Waals surface area contributed by atoms with Crippen molar-refractivity contribution in [2.75, 3.05) is 30.3 Å². The van der Waals surface area contributed by atoms with Gasteiger partial charge in [-0.15, -0.1) is 0 Å². The van der Waals surface area contributed by atoms with E-state index in [-0.39, 0.29) is 36.4 Å². The summed E-state index contributed by atoms with van der Waals surface area (Å²) in [6.07, 6.45) is 3.27. The number of para-hydroxylation sites is 1. The summed E-state index contributed by atoms with van der Waals surface area (Å²) < 4.78 is 5.65. The molecule has 1 saturated carbocycles. The Balaban J connectivity index is 1.18. The average molecular weight is 437 g/mol. The van der Waals surface area contributed by atoms with Crippen molar-refractivity contribution in [2.45, 2.75) is 31.7 Å². The van der Waals surface area contributed by atoms with Gasteiger partial charge in [-0.05, 0) is 49.9 Å². The van der Waals surface area contributed by atoms with Gasteiger partial charge in [0.15, 0.2) is 6.61 Å². The first-order valence-electron chi connectivity index (χ1n) is 11.0. The van der Waals surface area contributed by atoms with E-state index in [0.717, 1.165) is 18.5 Å². The molecule has 3 N–H and O–H groups in total. The molecule has 168 valence electrons.